The molecule has 0 aromatic heterocycles. The smallest absolute Gasteiger partial charge is 0.410 e. The fourth-order valence-corrected chi connectivity index (χ4v) is 2.72. The van der Waals surface area contributed by atoms with Gasteiger partial charge in [-0.3, -0.25) is 0 Å². The zero-order valence-corrected chi connectivity index (χ0v) is 13.3. The zero-order valence-electron chi connectivity index (χ0n) is 13.3. The number of hydrogen-bond acceptors (Lipinski definition) is 3. The Balaban J connectivity index is 2.10. The normalized spacial score (nSPS) is 22.4. The highest BCUT2D eigenvalue weighted by atomic mass is 16.6. The highest BCUT2D eigenvalue weighted by molar-refractivity contribution is 5.68. The Morgan fingerprint density at radius 1 is 1.29 bits per heavy atom. The first-order chi connectivity index (χ1) is 9.80. The molecule has 0 saturated carbocycles. The standard InChI is InChI=1S/C17H25NO3/c1-12-5-7-13(8-6-12)15-10-18(9-14(15)11-19)16(20)21-17(2,3)4/h5-8,14-15,19H,9-11H2,1-4H3/t14-,15-/m0/s1. The maximum atomic E-state index is 12.2. The van der Waals surface area contributed by atoms with Crippen LogP contribution in [-0.2, 0) is 4.74 Å². The van der Waals surface area contributed by atoms with Gasteiger partial charge in [0.25, 0.3) is 0 Å². The molecule has 1 heterocycles. The molecule has 0 aliphatic carbocycles. The number of nitrogens with zero attached hydrogens (tertiary/aromatic N) is 1. The summed E-state index contributed by atoms with van der Waals surface area (Å²) in [5.41, 5.74) is 1.89. The molecule has 116 valence electrons. The van der Waals surface area contributed by atoms with Crippen molar-refractivity contribution in [3.8, 4) is 0 Å². The number of carbonyl (C=O) groups is 1. The van der Waals surface area contributed by atoms with Crippen LogP contribution in [0.4, 0.5) is 4.79 Å². The van der Waals surface area contributed by atoms with E-state index in [0.29, 0.717) is 13.1 Å². The first-order valence-corrected chi connectivity index (χ1v) is 7.45. The van der Waals surface area contributed by atoms with E-state index in [9.17, 15) is 9.90 Å². The predicted octanol–water partition coefficient (Wildman–Crippen LogP) is 2.94. The quantitative estimate of drug-likeness (QED) is 0.911. The lowest BCUT2D eigenvalue weighted by molar-refractivity contribution is 0.0283. The van der Waals surface area contributed by atoms with Crippen LogP contribution < -0.4 is 0 Å². The molecule has 1 aliphatic rings. The summed E-state index contributed by atoms with van der Waals surface area (Å²) < 4.78 is 5.42. The second-order valence-electron chi connectivity index (χ2n) is 6.85. The summed E-state index contributed by atoms with van der Waals surface area (Å²) >= 11 is 0. The zero-order chi connectivity index (χ0) is 15.6. The number of carbonyl (C=O) groups excluding carboxylic acids is 1. The van der Waals surface area contributed by atoms with Crippen molar-refractivity contribution in [1.82, 2.24) is 4.90 Å². The molecule has 1 aromatic rings. The van der Waals surface area contributed by atoms with Crippen molar-refractivity contribution in [2.45, 2.75) is 39.2 Å². The maximum Gasteiger partial charge on any atom is 0.410 e. The third kappa shape index (κ3) is 3.97. The summed E-state index contributed by atoms with van der Waals surface area (Å²) in [7, 11) is 0. The first kappa shape index (κ1) is 15.8. The van der Waals surface area contributed by atoms with E-state index >= 15 is 0 Å². The Morgan fingerprint density at radius 3 is 2.43 bits per heavy atom. The SMILES string of the molecule is Cc1ccc([C@@H]2CN(C(=O)OC(C)(C)C)C[C@H]2CO)cc1. The third-order valence-corrected chi connectivity index (χ3v) is 3.83. The Labute approximate surface area is 126 Å². The second-order valence-corrected chi connectivity index (χ2v) is 6.85. The Hall–Kier alpha value is -1.55. The molecule has 4 nitrogen and oxygen atoms in total. The van der Waals surface area contributed by atoms with Crippen LogP contribution in [0.25, 0.3) is 0 Å². The average Bonchev–Trinajstić information content (AvgIpc) is 2.82. The van der Waals surface area contributed by atoms with E-state index in [0.717, 1.165) is 0 Å². The number of aliphatic hydroxyl groups is 1. The molecule has 0 radical (unpaired) electrons. The van der Waals surface area contributed by atoms with E-state index < -0.39 is 5.60 Å². The van der Waals surface area contributed by atoms with Gasteiger partial charge in [-0.2, -0.15) is 0 Å². The van der Waals surface area contributed by atoms with Gasteiger partial charge in [0.2, 0.25) is 0 Å². The van der Waals surface area contributed by atoms with Crippen molar-refractivity contribution >= 4 is 6.09 Å². The van der Waals surface area contributed by atoms with Crippen molar-refractivity contribution in [2.75, 3.05) is 19.7 Å². The van der Waals surface area contributed by atoms with Gasteiger partial charge in [-0.1, -0.05) is 29.8 Å². The molecule has 1 aromatic carbocycles. The molecule has 0 bridgehead atoms. The fourth-order valence-electron chi connectivity index (χ4n) is 2.72. The summed E-state index contributed by atoms with van der Waals surface area (Å²) in [6.45, 7) is 8.87. The van der Waals surface area contributed by atoms with E-state index in [1.165, 1.54) is 11.1 Å². The van der Waals surface area contributed by atoms with Gasteiger partial charge < -0.3 is 14.7 Å². The second kappa shape index (κ2) is 6.06. The maximum absolute atomic E-state index is 12.2. The van der Waals surface area contributed by atoms with Crippen LogP contribution in [0.15, 0.2) is 24.3 Å². The van der Waals surface area contributed by atoms with E-state index in [-0.39, 0.29) is 24.5 Å². The number of benzene rings is 1. The minimum absolute atomic E-state index is 0.0697. The molecule has 1 saturated heterocycles. The Kier molecular flexibility index (Phi) is 4.57. The van der Waals surface area contributed by atoms with Gasteiger partial charge in [0.1, 0.15) is 5.60 Å². The Bertz CT molecular complexity index is 490. The number of hydrogen-bond donors (Lipinski definition) is 1. The number of amides is 1. The summed E-state index contributed by atoms with van der Waals surface area (Å²) in [6.07, 6.45) is -0.296. The number of likely N-dealkylation sites (tertiary alicyclic amines) is 1. The molecule has 1 fully saturated rings. The van der Waals surface area contributed by atoms with Crippen LogP contribution in [0.2, 0.25) is 0 Å². The predicted molar refractivity (Wildman–Crippen MR) is 82.3 cm³/mol. The monoisotopic (exact) mass is 291 g/mol. The van der Waals surface area contributed by atoms with Gasteiger partial charge in [-0.25, -0.2) is 4.79 Å². The Morgan fingerprint density at radius 2 is 1.90 bits per heavy atom. The van der Waals surface area contributed by atoms with E-state index in [1.54, 1.807) is 4.90 Å². The van der Waals surface area contributed by atoms with Crippen LogP contribution in [0.1, 0.15) is 37.8 Å². The minimum atomic E-state index is -0.492. The van der Waals surface area contributed by atoms with Crippen molar-refractivity contribution < 1.29 is 14.6 Å². The van der Waals surface area contributed by atoms with Crippen LogP contribution in [0, 0.1) is 12.8 Å². The highest BCUT2D eigenvalue weighted by Gasteiger charge is 2.37. The van der Waals surface area contributed by atoms with Crippen LogP contribution in [-0.4, -0.2) is 41.4 Å². The number of aliphatic hydroxyl groups excluding tert-OH is 1. The van der Waals surface area contributed by atoms with E-state index in [4.69, 9.17) is 4.74 Å². The molecule has 1 amide bonds. The summed E-state index contributed by atoms with van der Waals surface area (Å²) in [5.74, 6) is 0.239. The molecule has 1 N–H and O–H groups in total. The van der Waals surface area contributed by atoms with Crippen LogP contribution in [0.3, 0.4) is 0 Å². The number of rotatable bonds is 2. The number of ether oxygens (including phenoxy) is 1. The highest BCUT2D eigenvalue weighted by Crippen LogP contribution is 2.33. The van der Waals surface area contributed by atoms with Gasteiger partial charge in [0.05, 0.1) is 0 Å². The molecule has 0 spiro atoms. The molecular formula is C17H25NO3. The molecule has 2 rings (SSSR count). The van der Waals surface area contributed by atoms with E-state index in [2.05, 4.69) is 31.2 Å². The molecular weight excluding hydrogens is 266 g/mol. The van der Waals surface area contributed by atoms with Crippen LogP contribution >= 0.6 is 0 Å². The van der Waals surface area contributed by atoms with Crippen molar-refractivity contribution in [3.63, 3.8) is 0 Å². The van der Waals surface area contributed by atoms with Crippen molar-refractivity contribution in [2.24, 2.45) is 5.92 Å². The molecule has 2 atom stereocenters. The fraction of sp³-hybridized carbons (Fsp3) is 0.588. The molecule has 0 unspecified atom stereocenters. The first-order valence-electron chi connectivity index (χ1n) is 7.45. The van der Waals surface area contributed by atoms with Gasteiger partial charge in [0, 0.05) is 31.5 Å². The lowest BCUT2D eigenvalue weighted by Gasteiger charge is -2.24. The number of aryl methyl sites for hydroxylation is 1. The average molecular weight is 291 g/mol. The third-order valence-electron chi connectivity index (χ3n) is 3.83. The van der Waals surface area contributed by atoms with Crippen molar-refractivity contribution in [1.29, 1.82) is 0 Å². The van der Waals surface area contributed by atoms with Gasteiger partial charge in [-0.05, 0) is 33.3 Å². The summed E-state index contributed by atoms with van der Waals surface area (Å²) in [5, 5.41) is 9.61. The lowest BCUT2D eigenvalue weighted by Crippen LogP contribution is -2.35. The summed E-state index contributed by atoms with van der Waals surface area (Å²) in [6, 6.07) is 8.31. The molecule has 4 heteroatoms. The van der Waals surface area contributed by atoms with E-state index in [1.807, 2.05) is 20.8 Å². The van der Waals surface area contributed by atoms with Gasteiger partial charge in [-0.15, -0.1) is 0 Å². The lowest BCUT2D eigenvalue weighted by atomic mass is 9.89. The minimum Gasteiger partial charge on any atom is -0.444 e. The summed E-state index contributed by atoms with van der Waals surface area (Å²) in [4.78, 5) is 13.9. The van der Waals surface area contributed by atoms with Gasteiger partial charge >= 0.3 is 6.09 Å². The topological polar surface area (TPSA) is 49.8 Å². The largest absolute Gasteiger partial charge is 0.444 e. The molecule has 1 aliphatic heterocycles. The van der Waals surface area contributed by atoms with Gasteiger partial charge in [0.15, 0.2) is 0 Å². The molecule has 21 heavy (non-hydrogen) atoms. The van der Waals surface area contributed by atoms with Crippen molar-refractivity contribution in [3.05, 3.63) is 35.4 Å². The van der Waals surface area contributed by atoms with Crippen LogP contribution in [0.5, 0.6) is 0 Å².